The maximum atomic E-state index is 13.4. The van der Waals surface area contributed by atoms with Crippen LogP contribution in [0.15, 0.2) is 54.6 Å². The summed E-state index contributed by atoms with van der Waals surface area (Å²) in [5.74, 6) is -0.711. The number of carbonyl (C=O) groups is 2. The van der Waals surface area contributed by atoms with E-state index in [1.165, 1.54) is 0 Å². The van der Waals surface area contributed by atoms with Gasteiger partial charge in [-0.2, -0.15) is 0 Å². The molecule has 6 heteroatoms. The highest BCUT2D eigenvalue weighted by Gasteiger charge is 2.53. The van der Waals surface area contributed by atoms with Crippen LogP contribution in [0.25, 0.3) is 0 Å². The monoisotopic (exact) mass is 428 g/mol. The standard InChI is InChI=1S/C24H29ClN2O3/c1-22(2)15-24(16-23(3,4)27-22,26-20(28)18-8-6-5-7-9-18)21(29)30-14-17-10-12-19(25)13-11-17/h5-13,27H,14-16H2,1-4H3,(H,26,28). The maximum Gasteiger partial charge on any atom is 0.332 e. The number of amides is 1. The lowest BCUT2D eigenvalue weighted by atomic mass is 9.70. The minimum atomic E-state index is -1.14. The zero-order valence-corrected chi connectivity index (χ0v) is 18.7. The first kappa shape index (κ1) is 22.3. The van der Waals surface area contributed by atoms with Crippen molar-refractivity contribution in [3.8, 4) is 0 Å². The van der Waals surface area contributed by atoms with Crippen LogP contribution in [-0.2, 0) is 16.1 Å². The summed E-state index contributed by atoms with van der Waals surface area (Å²) in [6.45, 7) is 8.24. The molecule has 5 nitrogen and oxygen atoms in total. The number of benzene rings is 2. The summed E-state index contributed by atoms with van der Waals surface area (Å²) in [5.41, 5.74) is -0.533. The van der Waals surface area contributed by atoms with Crippen molar-refractivity contribution in [1.82, 2.24) is 10.6 Å². The molecular formula is C24H29ClN2O3. The number of ether oxygens (including phenoxy) is 1. The van der Waals surface area contributed by atoms with E-state index in [-0.39, 0.29) is 23.6 Å². The Balaban J connectivity index is 1.87. The third kappa shape index (κ3) is 5.41. The quantitative estimate of drug-likeness (QED) is 0.688. The molecule has 1 aliphatic heterocycles. The molecule has 2 N–H and O–H groups in total. The second-order valence-corrected chi connectivity index (χ2v) is 9.79. The van der Waals surface area contributed by atoms with Gasteiger partial charge in [0.2, 0.25) is 0 Å². The van der Waals surface area contributed by atoms with E-state index in [0.29, 0.717) is 23.4 Å². The van der Waals surface area contributed by atoms with Crippen molar-refractivity contribution < 1.29 is 14.3 Å². The molecule has 1 saturated heterocycles. The molecule has 0 saturated carbocycles. The molecule has 2 aromatic carbocycles. The van der Waals surface area contributed by atoms with Crippen LogP contribution < -0.4 is 10.6 Å². The third-order valence-corrected chi connectivity index (χ3v) is 5.48. The predicted octanol–water partition coefficient (Wildman–Crippen LogP) is 4.49. The van der Waals surface area contributed by atoms with Crippen molar-refractivity contribution in [2.24, 2.45) is 0 Å². The third-order valence-electron chi connectivity index (χ3n) is 5.23. The first-order chi connectivity index (χ1) is 14.0. The lowest BCUT2D eigenvalue weighted by Crippen LogP contribution is -2.71. The van der Waals surface area contributed by atoms with Gasteiger partial charge in [0.05, 0.1) is 0 Å². The van der Waals surface area contributed by atoms with Gasteiger partial charge in [0.25, 0.3) is 5.91 Å². The summed E-state index contributed by atoms with van der Waals surface area (Å²) < 4.78 is 5.71. The van der Waals surface area contributed by atoms with Crippen LogP contribution in [0.1, 0.15) is 56.5 Å². The summed E-state index contributed by atoms with van der Waals surface area (Å²) in [5, 5.41) is 7.22. The minimum absolute atomic E-state index is 0.118. The van der Waals surface area contributed by atoms with Crippen LogP contribution in [0.3, 0.4) is 0 Å². The van der Waals surface area contributed by atoms with Crippen molar-refractivity contribution in [2.45, 2.75) is 63.8 Å². The van der Waals surface area contributed by atoms with Crippen LogP contribution in [-0.4, -0.2) is 28.5 Å². The van der Waals surface area contributed by atoms with Gasteiger partial charge in [-0.3, -0.25) is 4.79 Å². The molecule has 1 amide bonds. The van der Waals surface area contributed by atoms with Crippen LogP contribution in [0.4, 0.5) is 0 Å². The van der Waals surface area contributed by atoms with E-state index in [9.17, 15) is 9.59 Å². The van der Waals surface area contributed by atoms with Gasteiger partial charge in [0.15, 0.2) is 0 Å². The molecule has 1 aliphatic rings. The van der Waals surface area contributed by atoms with Gasteiger partial charge in [0.1, 0.15) is 12.1 Å². The molecule has 0 aliphatic carbocycles. The highest BCUT2D eigenvalue weighted by atomic mass is 35.5. The van der Waals surface area contributed by atoms with Gasteiger partial charge < -0.3 is 15.4 Å². The van der Waals surface area contributed by atoms with E-state index in [1.54, 1.807) is 36.4 Å². The number of halogens is 1. The number of rotatable bonds is 5. The van der Waals surface area contributed by atoms with Gasteiger partial charge in [-0.05, 0) is 70.4 Å². The summed E-state index contributed by atoms with van der Waals surface area (Å²) in [4.78, 5) is 26.4. The largest absolute Gasteiger partial charge is 0.459 e. The molecule has 3 rings (SSSR count). The fraction of sp³-hybridized carbons (Fsp3) is 0.417. The Labute approximate surface area is 183 Å². The van der Waals surface area contributed by atoms with E-state index >= 15 is 0 Å². The Morgan fingerprint density at radius 2 is 1.53 bits per heavy atom. The lowest BCUT2D eigenvalue weighted by Gasteiger charge is -2.51. The molecule has 1 fully saturated rings. The molecule has 0 bridgehead atoms. The molecule has 0 atom stereocenters. The number of nitrogens with one attached hydrogen (secondary N) is 2. The molecule has 1 heterocycles. The van der Waals surface area contributed by atoms with E-state index in [4.69, 9.17) is 16.3 Å². The van der Waals surface area contributed by atoms with E-state index in [0.717, 1.165) is 5.56 Å². The topological polar surface area (TPSA) is 67.4 Å². The van der Waals surface area contributed by atoms with E-state index in [2.05, 4.69) is 10.6 Å². The van der Waals surface area contributed by atoms with Crippen LogP contribution >= 0.6 is 11.6 Å². The van der Waals surface area contributed by atoms with Crippen molar-refractivity contribution >= 4 is 23.5 Å². The Bertz CT molecular complexity index is 892. The molecular weight excluding hydrogens is 400 g/mol. The molecule has 2 aromatic rings. The van der Waals surface area contributed by atoms with Crippen LogP contribution in [0, 0.1) is 0 Å². The van der Waals surface area contributed by atoms with Crippen molar-refractivity contribution in [2.75, 3.05) is 0 Å². The number of piperidine rings is 1. The number of hydrogen-bond acceptors (Lipinski definition) is 4. The van der Waals surface area contributed by atoms with E-state index in [1.807, 2.05) is 45.9 Å². The maximum absolute atomic E-state index is 13.4. The summed E-state index contributed by atoms with van der Waals surface area (Å²) in [7, 11) is 0. The Kier molecular flexibility index (Phi) is 6.25. The average molecular weight is 429 g/mol. The molecule has 0 radical (unpaired) electrons. The molecule has 160 valence electrons. The normalized spacial score (nSPS) is 19.0. The van der Waals surface area contributed by atoms with Gasteiger partial charge >= 0.3 is 5.97 Å². The van der Waals surface area contributed by atoms with Crippen molar-refractivity contribution in [3.63, 3.8) is 0 Å². The van der Waals surface area contributed by atoms with Crippen LogP contribution in [0.5, 0.6) is 0 Å². The molecule has 0 unspecified atom stereocenters. The first-order valence-corrected chi connectivity index (χ1v) is 10.5. The zero-order valence-electron chi connectivity index (χ0n) is 17.9. The second-order valence-electron chi connectivity index (χ2n) is 9.35. The SMILES string of the molecule is CC1(C)CC(NC(=O)c2ccccc2)(C(=O)OCc2ccc(Cl)cc2)CC(C)(C)N1. The summed E-state index contributed by atoms with van der Waals surface area (Å²) in [6, 6.07) is 16.1. The number of carbonyl (C=O) groups excluding carboxylic acids is 2. The average Bonchev–Trinajstić information content (AvgIpc) is 2.65. The highest BCUT2D eigenvalue weighted by molar-refractivity contribution is 6.30. The first-order valence-electron chi connectivity index (χ1n) is 10.1. The number of esters is 1. The summed E-state index contributed by atoms with van der Waals surface area (Å²) in [6.07, 6.45) is 0.836. The van der Waals surface area contributed by atoms with Crippen molar-refractivity contribution in [3.05, 3.63) is 70.7 Å². The van der Waals surface area contributed by atoms with Gasteiger partial charge in [-0.15, -0.1) is 0 Å². The van der Waals surface area contributed by atoms with E-state index < -0.39 is 11.5 Å². The zero-order chi connectivity index (χ0) is 22.0. The Hall–Kier alpha value is -2.37. The highest BCUT2D eigenvalue weighted by Crippen LogP contribution is 2.37. The molecule has 0 spiro atoms. The molecule has 0 aromatic heterocycles. The Morgan fingerprint density at radius 3 is 2.10 bits per heavy atom. The smallest absolute Gasteiger partial charge is 0.332 e. The predicted molar refractivity (Wildman–Crippen MR) is 118 cm³/mol. The van der Waals surface area contributed by atoms with Gasteiger partial charge in [-0.1, -0.05) is 41.9 Å². The second kappa shape index (κ2) is 8.40. The minimum Gasteiger partial charge on any atom is -0.459 e. The lowest BCUT2D eigenvalue weighted by molar-refractivity contribution is -0.157. The summed E-state index contributed by atoms with van der Waals surface area (Å²) >= 11 is 5.93. The Morgan fingerprint density at radius 1 is 0.967 bits per heavy atom. The fourth-order valence-corrected chi connectivity index (χ4v) is 4.73. The van der Waals surface area contributed by atoms with Gasteiger partial charge in [0, 0.05) is 21.7 Å². The molecule has 30 heavy (non-hydrogen) atoms. The van der Waals surface area contributed by atoms with Crippen LogP contribution in [0.2, 0.25) is 5.02 Å². The van der Waals surface area contributed by atoms with Crippen molar-refractivity contribution in [1.29, 1.82) is 0 Å². The number of hydrogen-bond donors (Lipinski definition) is 2. The fourth-order valence-electron chi connectivity index (χ4n) is 4.61. The van der Waals surface area contributed by atoms with Gasteiger partial charge in [-0.25, -0.2) is 4.79 Å².